The second kappa shape index (κ2) is 16.0. The average Bonchev–Trinajstić information content (AvgIpc) is 2.10. The Bertz CT molecular complexity index is 61.5. The minimum atomic E-state index is 0. The molecule has 0 aromatic rings. The second-order valence-electron chi connectivity index (χ2n) is 3.68. The average molecular weight is 309 g/mol. The van der Waals surface area contributed by atoms with Crippen molar-refractivity contribution in [3.8, 4) is 0 Å². The van der Waals surface area contributed by atoms with E-state index in [1.165, 1.54) is 57.8 Å². The topological polar surface area (TPSA) is 0 Å². The van der Waals surface area contributed by atoms with Crippen molar-refractivity contribution in [1.82, 2.24) is 0 Å². The third-order valence-electron chi connectivity index (χ3n) is 2.35. The molecule has 0 saturated heterocycles. The van der Waals surface area contributed by atoms with E-state index in [0.717, 1.165) is 6.42 Å². The van der Waals surface area contributed by atoms with E-state index in [4.69, 9.17) is 0 Å². The van der Waals surface area contributed by atoms with Crippen molar-refractivity contribution in [2.45, 2.75) is 71.1 Å². The van der Waals surface area contributed by atoms with Gasteiger partial charge in [0.1, 0.15) is 0 Å². The molecule has 0 saturated carbocycles. The van der Waals surface area contributed by atoms with Gasteiger partial charge in [0.05, 0.1) is 0 Å². The zero-order valence-electron chi connectivity index (χ0n) is 8.78. The molecule has 1 heteroatoms. The summed E-state index contributed by atoms with van der Waals surface area (Å²) in [5.41, 5.74) is 0. The van der Waals surface area contributed by atoms with Crippen LogP contribution in [0.25, 0.3) is 0 Å². The molecule has 1 radical (unpaired) electrons. The molecule has 0 N–H and O–H groups in total. The van der Waals surface area contributed by atoms with E-state index >= 15 is 0 Å². The van der Waals surface area contributed by atoms with Gasteiger partial charge in [-0.15, -0.1) is 0 Å². The quantitative estimate of drug-likeness (QED) is 0.449. The number of hydrogen-bond acceptors (Lipinski definition) is 0. The van der Waals surface area contributed by atoms with Crippen LogP contribution < -0.4 is 0 Å². The molecule has 0 bridgehead atoms. The maximum Gasteiger partial charge on any atom is -0.0533 e. The summed E-state index contributed by atoms with van der Waals surface area (Å²) in [5.74, 6) is 0. The van der Waals surface area contributed by atoms with Gasteiger partial charge in [-0.3, -0.25) is 0 Å². The summed E-state index contributed by atoms with van der Waals surface area (Å²) >= 11 is 0. The molecule has 0 atom stereocenters. The van der Waals surface area contributed by atoms with Gasteiger partial charge in [-0.1, -0.05) is 78.1 Å². The SMILES string of the molecule is [BaH2].[CH2]CCCCCCCCCCC. The summed E-state index contributed by atoms with van der Waals surface area (Å²) in [4.78, 5) is 0. The van der Waals surface area contributed by atoms with Gasteiger partial charge in [-0.2, -0.15) is 0 Å². The van der Waals surface area contributed by atoms with Crippen molar-refractivity contribution in [3.05, 3.63) is 6.92 Å². The van der Waals surface area contributed by atoms with Gasteiger partial charge in [0.2, 0.25) is 0 Å². The number of unbranched alkanes of at least 4 members (excludes halogenated alkanes) is 9. The molecular weight excluding hydrogens is 281 g/mol. The minimum Gasteiger partial charge on any atom is -0.0654 e. The predicted octanol–water partition coefficient (Wildman–Crippen LogP) is 3.83. The standard InChI is InChI=1S/C12H25.Ba.2H/c1-3-5-7-9-11-12-10-8-6-4-2;;;/h1,3-12H2,2H3;;;. The molecule has 77 valence electrons. The molecule has 0 aromatic carbocycles. The first-order chi connectivity index (χ1) is 5.91. The Balaban J connectivity index is 0. The molecule has 0 aromatic heterocycles. The van der Waals surface area contributed by atoms with Gasteiger partial charge >= 0.3 is 48.9 Å². The summed E-state index contributed by atoms with van der Waals surface area (Å²) in [6, 6.07) is 0. The van der Waals surface area contributed by atoms with Crippen LogP contribution in [0.5, 0.6) is 0 Å². The monoisotopic (exact) mass is 309 g/mol. The summed E-state index contributed by atoms with van der Waals surface area (Å²) < 4.78 is 0. The van der Waals surface area contributed by atoms with Crippen LogP contribution in [-0.2, 0) is 0 Å². The van der Waals surface area contributed by atoms with Crippen LogP contribution in [0, 0.1) is 6.92 Å². The Morgan fingerprint density at radius 2 is 1.08 bits per heavy atom. The van der Waals surface area contributed by atoms with Gasteiger partial charge < -0.3 is 0 Å². The molecule has 0 amide bonds. The Hall–Kier alpha value is 1.57. The zero-order chi connectivity index (χ0) is 9.07. The van der Waals surface area contributed by atoms with E-state index in [1.54, 1.807) is 0 Å². The molecule has 0 spiro atoms. The van der Waals surface area contributed by atoms with Crippen LogP contribution in [0.4, 0.5) is 0 Å². The molecule has 0 heterocycles. The number of rotatable bonds is 9. The summed E-state index contributed by atoms with van der Waals surface area (Å²) in [7, 11) is 0. The van der Waals surface area contributed by atoms with E-state index in [1.807, 2.05) is 0 Å². The smallest absolute Gasteiger partial charge is 0.0533 e. The van der Waals surface area contributed by atoms with Crippen LogP contribution in [0.2, 0.25) is 0 Å². The molecule has 0 unspecified atom stereocenters. The number of hydrogen-bond donors (Lipinski definition) is 0. The van der Waals surface area contributed by atoms with Gasteiger partial charge in [0.15, 0.2) is 0 Å². The van der Waals surface area contributed by atoms with E-state index in [0.29, 0.717) is 0 Å². The molecule has 0 aliphatic heterocycles. The Morgan fingerprint density at radius 3 is 1.46 bits per heavy atom. The van der Waals surface area contributed by atoms with Gasteiger partial charge in [-0.05, 0) is 0 Å². The molecule has 13 heavy (non-hydrogen) atoms. The van der Waals surface area contributed by atoms with Crippen LogP contribution >= 0.6 is 0 Å². The maximum absolute atomic E-state index is 3.84. The molecule has 0 aliphatic carbocycles. The Kier molecular flexibility index (Phi) is 20.9. The van der Waals surface area contributed by atoms with Crippen molar-refractivity contribution in [2.24, 2.45) is 0 Å². The fourth-order valence-corrected chi connectivity index (χ4v) is 1.49. The first kappa shape index (κ1) is 17.0. The van der Waals surface area contributed by atoms with Gasteiger partial charge in [0.25, 0.3) is 0 Å². The first-order valence-electron chi connectivity index (χ1n) is 5.71. The summed E-state index contributed by atoms with van der Waals surface area (Å²) in [6.07, 6.45) is 13.9. The zero-order valence-corrected chi connectivity index (χ0v) is 8.78. The predicted molar refractivity (Wildman–Crippen MR) is 65.7 cm³/mol. The van der Waals surface area contributed by atoms with E-state index in [2.05, 4.69) is 13.8 Å². The van der Waals surface area contributed by atoms with Crippen LogP contribution in [0.1, 0.15) is 71.1 Å². The van der Waals surface area contributed by atoms with Gasteiger partial charge in [0, 0.05) is 0 Å². The van der Waals surface area contributed by atoms with E-state index in [9.17, 15) is 0 Å². The second-order valence-corrected chi connectivity index (χ2v) is 3.68. The Morgan fingerprint density at radius 1 is 0.692 bits per heavy atom. The van der Waals surface area contributed by atoms with Crippen molar-refractivity contribution in [3.63, 3.8) is 0 Å². The molecule has 0 nitrogen and oxygen atoms in total. The molecular formula is C12H27Ba. The van der Waals surface area contributed by atoms with E-state index < -0.39 is 0 Å². The largest absolute Gasteiger partial charge is 0.0654 e. The minimum absolute atomic E-state index is 0. The third kappa shape index (κ3) is 16.3. The molecule has 0 fully saturated rings. The van der Waals surface area contributed by atoms with Crippen LogP contribution in [-0.4, -0.2) is 48.9 Å². The Labute approximate surface area is 125 Å². The van der Waals surface area contributed by atoms with Crippen molar-refractivity contribution < 1.29 is 0 Å². The van der Waals surface area contributed by atoms with Gasteiger partial charge in [-0.25, -0.2) is 0 Å². The first-order valence-corrected chi connectivity index (χ1v) is 5.71. The maximum atomic E-state index is 3.84. The summed E-state index contributed by atoms with van der Waals surface area (Å²) in [6.45, 7) is 6.12. The van der Waals surface area contributed by atoms with Crippen LogP contribution in [0.15, 0.2) is 0 Å². The molecule has 0 aliphatic rings. The molecule has 0 rings (SSSR count). The van der Waals surface area contributed by atoms with Crippen molar-refractivity contribution >= 4 is 48.9 Å². The summed E-state index contributed by atoms with van der Waals surface area (Å²) in [5, 5.41) is 0. The normalized spacial score (nSPS) is 9.69. The van der Waals surface area contributed by atoms with E-state index in [-0.39, 0.29) is 48.9 Å². The fourth-order valence-electron chi connectivity index (χ4n) is 1.49. The van der Waals surface area contributed by atoms with Crippen molar-refractivity contribution in [2.75, 3.05) is 0 Å². The van der Waals surface area contributed by atoms with Crippen molar-refractivity contribution in [1.29, 1.82) is 0 Å². The fraction of sp³-hybridized carbons (Fsp3) is 0.917. The van der Waals surface area contributed by atoms with Crippen LogP contribution in [0.3, 0.4) is 0 Å². The third-order valence-corrected chi connectivity index (χ3v) is 2.35.